The third-order valence-electron chi connectivity index (χ3n) is 5.56. The van der Waals surface area contributed by atoms with Crippen molar-refractivity contribution in [2.75, 3.05) is 6.54 Å². The van der Waals surface area contributed by atoms with Crippen molar-refractivity contribution in [2.45, 2.75) is 72.7 Å². The van der Waals surface area contributed by atoms with Gasteiger partial charge in [-0.15, -0.1) is 0 Å². The fourth-order valence-corrected chi connectivity index (χ4v) is 4.02. The van der Waals surface area contributed by atoms with E-state index in [2.05, 4.69) is 10.6 Å². The minimum Gasteiger partial charge on any atom is -0.444 e. The van der Waals surface area contributed by atoms with Gasteiger partial charge in [0.2, 0.25) is 11.8 Å². The molecule has 0 aliphatic carbocycles. The van der Waals surface area contributed by atoms with Gasteiger partial charge in [-0.2, -0.15) is 5.26 Å². The Kier molecular flexibility index (Phi) is 10.2. The van der Waals surface area contributed by atoms with Gasteiger partial charge in [0.05, 0.1) is 6.07 Å². The lowest BCUT2D eigenvalue weighted by atomic mass is 9.96. The van der Waals surface area contributed by atoms with E-state index in [4.69, 9.17) is 4.74 Å². The molecular weight excluding hydrogens is 468 g/mol. The summed E-state index contributed by atoms with van der Waals surface area (Å²) in [5, 5.41) is 15.2. The van der Waals surface area contributed by atoms with E-state index >= 15 is 0 Å². The molecule has 0 saturated carbocycles. The predicted molar refractivity (Wildman–Crippen MR) is 142 cm³/mol. The number of benzene rings is 2. The summed E-state index contributed by atoms with van der Waals surface area (Å²) in [5.41, 5.74) is 2.59. The molecule has 37 heavy (non-hydrogen) atoms. The minimum atomic E-state index is -1.07. The summed E-state index contributed by atoms with van der Waals surface area (Å²) in [6, 6.07) is 15.0. The number of carbonyl (C=O) groups is 3. The monoisotopic (exact) mass is 506 g/mol. The van der Waals surface area contributed by atoms with Crippen LogP contribution in [0.15, 0.2) is 48.5 Å². The highest BCUT2D eigenvalue weighted by Gasteiger charge is 2.37. The molecule has 8 heteroatoms. The second-order valence-corrected chi connectivity index (χ2v) is 10.5. The van der Waals surface area contributed by atoms with Crippen molar-refractivity contribution < 1.29 is 19.1 Å². The van der Waals surface area contributed by atoms with Crippen molar-refractivity contribution in [1.29, 1.82) is 5.26 Å². The van der Waals surface area contributed by atoms with Crippen molar-refractivity contribution in [2.24, 2.45) is 5.92 Å². The Hall–Kier alpha value is -3.86. The summed E-state index contributed by atoms with van der Waals surface area (Å²) in [4.78, 5) is 41.3. The van der Waals surface area contributed by atoms with Crippen molar-refractivity contribution in [3.05, 3.63) is 70.8 Å². The SMILES string of the molecule is Cc1cc(C)cc(C(C(=O)NCc2ccccc2)N(CC#N)C(=O)C(NC(=O)OC(C)(C)C)C(C)C)c1. The lowest BCUT2D eigenvalue weighted by Crippen LogP contribution is -2.55. The molecule has 2 N–H and O–H groups in total. The molecule has 0 aromatic heterocycles. The van der Waals surface area contributed by atoms with Crippen LogP contribution in [-0.4, -0.2) is 41.0 Å². The molecule has 3 amide bonds. The number of carbonyl (C=O) groups excluding carboxylic acids is 3. The maximum atomic E-state index is 13.9. The largest absolute Gasteiger partial charge is 0.444 e. The topological polar surface area (TPSA) is 112 Å². The number of nitrogens with zero attached hydrogens (tertiary/aromatic N) is 2. The van der Waals surface area contributed by atoms with E-state index in [1.807, 2.05) is 68.4 Å². The van der Waals surface area contributed by atoms with Crippen molar-refractivity contribution in [1.82, 2.24) is 15.5 Å². The third-order valence-corrected chi connectivity index (χ3v) is 5.56. The van der Waals surface area contributed by atoms with Gasteiger partial charge in [-0.3, -0.25) is 9.59 Å². The molecule has 0 bridgehead atoms. The average molecular weight is 507 g/mol. The maximum Gasteiger partial charge on any atom is 0.408 e. The van der Waals surface area contributed by atoms with Crippen LogP contribution in [0.1, 0.15) is 62.9 Å². The quantitative estimate of drug-likeness (QED) is 0.484. The third kappa shape index (κ3) is 8.94. The van der Waals surface area contributed by atoms with Gasteiger partial charge in [0.25, 0.3) is 0 Å². The minimum absolute atomic E-state index is 0.263. The maximum absolute atomic E-state index is 13.9. The van der Waals surface area contributed by atoms with Gasteiger partial charge in [0.15, 0.2) is 0 Å². The van der Waals surface area contributed by atoms with Crippen LogP contribution in [0.4, 0.5) is 4.79 Å². The second-order valence-electron chi connectivity index (χ2n) is 10.5. The first-order chi connectivity index (χ1) is 17.3. The van der Waals surface area contributed by atoms with E-state index in [-0.39, 0.29) is 19.0 Å². The molecule has 2 atom stereocenters. The van der Waals surface area contributed by atoms with Gasteiger partial charge in [-0.05, 0) is 51.7 Å². The van der Waals surface area contributed by atoms with Gasteiger partial charge in [0, 0.05) is 6.54 Å². The molecule has 2 unspecified atom stereocenters. The molecule has 2 rings (SSSR count). The van der Waals surface area contributed by atoms with Crippen molar-refractivity contribution >= 4 is 17.9 Å². The van der Waals surface area contributed by atoms with Crippen LogP contribution in [0.25, 0.3) is 0 Å². The zero-order valence-corrected chi connectivity index (χ0v) is 22.8. The highest BCUT2D eigenvalue weighted by Crippen LogP contribution is 2.26. The molecule has 0 saturated heterocycles. The first-order valence-electron chi connectivity index (χ1n) is 12.4. The molecule has 0 spiro atoms. The Labute approximate surface area is 220 Å². The van der Waals surface area contributed by atoms with Gasteiger partial charge in [0.1, 0.15) is 24.2 Å². The number of rotatable bonds is 9. The Balaban J connectivity index is 2.47. The summed E-state index contributed by atoms with van der Waals surface area (Å²) >= 11 is 0. The smallest absolute Gasteiger partial charge is 0.408 e. The summed E-state index contributed by atoms with van der Waals surface area (Å²) in [6.07, 6.45) is -0.743. The second kappa shape index (κ2) is 12.9. The van der Waals surface area contributed by atoms with Crippen LogP contribution in [0.5, 0.6) is 0 Å². The van der Waals surface area contributed by atoms with Crippen molar-refractivity contribution in [3.63, 3.8) is 0 Å². The Morgan fingerprint density at radius 2 is 1.62 bits per heavy atom. The number of amides is 3. The lowest BCUT2D eigenvalue weighted by molar-refractivity contribution is -0.142. The molecule has 0 aliphatic heterocycles. The van der Waals surface area contributed by atoms with E-state index in [1.165, 1.54) is 4.90 Å². The van der Waals surface area contributed by atoms with E-state index in [1.54, 1.807) is 34.6 Å². The molecule has 2 aromatic carbocycles. The standard InChI is InChI=1S/C29H38N4O4/c1-19(2)24(32-28(36)37-29(5,6)7)27(35)33(14-13-30)25(23-16-20(3)15-21(4)17-23)26(34)31-18-22-11-9-8-10-12-22/h8-12,15-17,19,24-25H,14,18H2,1-7H3,(H,31,34)(H,32,36). The zero-order chi connectivity index (χ0) is 27.8. The fraction of sp³-hybridized carbons (Fsp3) is 0.448. The number of hydrogen-bond donors (Lipinski definition) is 2. The molecular formula is C29H38N4O4. The van der Waals surface area contributed by atoms with Crippen LogP contribution in [0.3, 0.4) is 0 Å². The highest BCUT2D eigenvalue weighted by molar-refractivity contribution is 5.92. The number of aryl methyl sites for hydroxylation is 2. The average Bonchev–Trinajstić information content (AvgIpc) is 2.79. The number of hydrogen-bond acceptors (Lipinski definition) is 5. The number of ether oxygens (including phenoxy) is 1. The van der Waals surface area contributed by atoms with E-state index in [0.29, 0.717) is 5.56 Å². The summed E-state index contributed by atoms with van der Waals surface area (Å²) in [6.45, 7) is 12.5. The highest BCUT2D eigenvalue weighted by atomic mass is 16.6. The molecule has 2 aromatic rings. The lowest BCUT2D eigenvalue weighted by Gasteiger charge is -2.34. The number of nitriles is 1. The Morgan fingerprint density at radius 1 is 1.03 bits per heavy atom. The van der Waals surface area contributed by atoms with Crippen LogP contribution in [-0.2, 0) is 20.9 Å². The molecule has 0 radical (unpaired) electrons. The van der Waals surface area contributed by atoms with Gasteiger partial charge >= 0.3 is 6.09 Å². The van der Waals surface area contributed by atoms with Crippen LogP contribution in [0, 0.1) is 31.1 Å². The predicted octanol–water partition coefficient (Wildman–Crippen LogP) is 4.56. The number of nitrogens with one attached hydrogen (secondary N) is 2. The summed E-state index contributed by atoms with van der Waals surface area (Å²) < 4.78 is 5.35. The van der Waals surface area contributed by atoms with E-state index in [9.17, 15) is 19.6 Å². The van der Waals surface area contributed by atoms with Gasteiger partial charge in [-0.25, -0.2) is 4.79 Å². The summed E-state index contributed by atoms with van der Waals surface area (Å²) in [5.74, 6) is -1.29. The fourth-order valence-electron chi connectivity index (χ4n) is 4.02. The Morgan fingerprint density at radius 3 is 2.14 bits per heavy atom. The molecule has 0 fully saturated rings. The van der Waals surface area contributed by atoms with Crippen molar-refractivity contribution in [3.8, 4) is 6.07 Å². The van der Waals surface area contributed by atoms with E-state index in [0.717, 1.165) is 16.7 Å². The van der Waals surface area contributed by atoms with Crippen LogP contribution in [0.2, 0.25) is 0 Å². The number of alkyl carbamates (subject to hydrolysis) is 1. The van der Waals surface area contributed by atoms with Gasteiger partial charge < -0.3 is 20.3 Å². The van der Waals surface area contributed by atoms with E-state index < -0.39 is 35.6 Å². The zero-order valence-electron chi connectivity index (χ0n) is 22.8. The van der Waals surface area contributed by atoms with Crippen LogP contribution >= 0.6 is 0 Å². The first-order valence-corrected chi connectivity index (χ1v) is 12.4. The first kappa shape index (κ1) is 29.4. The normalized spacial score (nSPS) is 12.7. The van der Waals surface area contributed by atoms with Crippen LogP contribution < -0.4 is 10.6 Å². The van der Waals surface area contributed by atoms with Gasteiger partial charge in [-0.1, -0.05) is 73.5 Å². The molecule has 8 nitrogen and oxygen atoms in total. The Bertz CT molecular complexity index is 1110. The molecule has 0 aliphatic rings. The molecule has 198 valence electrons. The summed E-state index contributed by atoms with van der Waals surface area (Å²) in [7, 11) is 0. The molecule has 0 heterocycles.